The van der Waals surface area contributed by atoms with Crippen molar-refractivity contribution in [3.63, 3.8) is 0 Å². The molecule has 1 aromatic carbocycles. The van der Waals surface area contributed by atoms with Crippen LogP contribution >= 0.6 is 0 Å². The Morgan fingerprint density at radius 3 is 2.95 bits per heavy atom. The van der Waals surface area contributed by atoms with E-state index < -0.39 is 0 Å². The van der Waals surface area contributed by atoms with Gasteiger partial charge in [-0.1, -0.05) is 12.1 Å². The Bertz CT molecular complexity index is 745. The Morgan fingerprint density at radius 1 is 1.27 bits per heavy atom. The van der Waals surface area contributed by atoms with E-state index in [1.54, 1.807) is 7.11 Å². The lowest BCUT2D eigenvalue weighted by molar-refractivity contribution is -0.116. The van der Waals surface area contributed by atoms with Crippen molar-refractivity contribution in [3.8, 4) is 0 Å². The summed E-state index contributed by atoms with van der Waals surface area (Å²) in [5.74, 6) is 1.44. The summed E-state index contributed by atoms with van der Waals surface area (Å²) >= 11 is 0. The molecule has 0 saturated heterocycles. The summed E-state index contributed by atoms with van der Waals surface area (Å²) in [6.07, 6.45) is 0.823. The molecule has 3 N–H and O–H groups in total. The van der Waals surface area contributed by atoms with E-state index in [4.69, 9.17) is 4.74 Å². The van der Waals surface area contributed by atoms with Crippen molar-refractivity contribution >= 4 is 22.9 Å². The van der Waals surface area contributed by atoms with Gasteiger partial charge in [0.1, 0.15) is 12.4 Å². The lowest BCUT2D eigenvalue weighted by Gasteiger charge is -1.99. The van der Waals surface area contributed by atoms with Crippen LogP contribution in [-0.2, 0) is 22.6 Å². The molecule has 8 heteroatoms. The first-order valence-electron chi connectivity index (χ1n) is 6.88. The van der Waals surface area contributed by atoms with Crippen LogP contribution in [0.3, 0.4) is 0 Å². The van der Waals surface area contributed by atoms with Crippen LogP contribution in [0, 0.1) is 0 Å². The summed E-state index contributed by atoms with van der Waals surface area (Å²) in [4.78, 5) is 23.6. The Kier molecular flexibility index (Phi) is 4.10. The third-order valence-electron chi connectivity index (χ3n) is 3.09. The highest BCUT2D eigenvalue weighted by Crippen LogP contribution is 2.11. The molecular formula is C14H16N6O2. The molecule has 2 aromatic heterocycles. The number of H-pyrrole nitrogens is 2. The van der Waals surface area contributed by atoms with E-state index in [2.05, 4.69) is 30.5 Å². The number of ether oxygens (including phenoxy) is 1. The van der Waals surface area contributed by atoms with E-state index in [-0.39, 0.29) is 11.9 Å². The highest BCUT2D eigenvalue weighted by atomic mass is 16.5. The van der Waals surface area contributed by atoms with Gasteiger partial charge in [-0.05, 0) is 12.1 Å². The molecule has 1 amide bonds. The van der Waals surface area contributed by atoms with Crippen LogP contribution in [0.4, 0.5) is 5.95 Å². The first kappa shape index (κ1) is 14.2. The molecule has 0 radical (unpaired) electrons. The molecule has 0 aliphatic rings. The zero-order valence-corrected chi connectivity index (χ0v) is 12.1. The minimum absolute atomic E-state index is 0.163. The minimum Gasteiger partial charge on any atom is -0.377 e. The average molecular weight is 300 g/mol. The molecule has 0 fully saturated rings. The summed E-state index contributed by atoms with van der Waals surface area (Å²) in [5, 5.41) is 9.21. The Labute approximate surface area is 126 Å². The third-order valence-corrected chi connectivity index (χ3v) is 3.09. The lowest BCUT2D eigenvalue weighted by Crippen LogP contribution is -2.13. The monoisotopic (exact) mass is 300 g/mol. The van der Waals surface area contributed by atoms with Crippen molar-refractivity contribution in [2.24, 2.45) is 0 Å². The number of carbonyl (C=O) groups excluding carboxylic acids is 1. The minimum atomic E-state index is -0.163. The number of methoxy groups -OCH3 is 1. The third kappa shape index (κ3) is 3.29. The molecule has 8 nitrogen and oxygen atoms in total. The van der Waals surface area contributed by atoms with Gasteiger partial charge in [-0.2, -0.15) is 4.98 Å². The van der Waals surface area contributed by atoms with Gasteiger partial charge in [-0.25, -0.2) is 4.98 Å². The number of benzene rings is 1. The summed E-state index contributed by atoms with van der Waals surface area (Å²) < 4.78 is 4.92. The fraction of sp³-hybridized carbons (Fsp3) is 0.286. The van der Waals surface area contributed by atoms with E-state index in [9.17, 15) is 4.79 Å². The number of rotatable bonds is 6. The first-order chi connectivity index (χ1) is 10.7. The van der Waals surface area contributed by atoms with E-state index in [0.717, 1.165) is 16.9 Å². The Hall–Kier alpha value is -2.74. The molecule has 2 heterocycles. The van der Waals surface area contributed by atoms with Gasteiger partial charge in [0, 0.05) is 20.0 Å². The van der Waals surface area contributed by atoms with Crippen molar-refractivity contribution in [2.45, 2.75) is 19.4 Å². The number of nitrogens with one attached hydrogen (secondary N) is 3. The van der Waals surface area contributed by atoms with Crippen LogP contribution < -0.4 is 5.32 Å². The number of aromatic amines is 2. The van der Waals surface area contributed by atoms with Crippen molar-refractivity contribution < 1.29 is 9.53 Å². The van der Waals surface area contributed by atoms with Gasteiger partial charge in [0.15, 0.2) is 5.82 Å². The van der Waals surface area contributed by atoms with Crippen molar-refractivity contribution in [2.75, 3.05) is 12.4 Å². The van der Waals surface area contributed by atoms with Crippen LogP contribution in [0.2, 0.25) is 0 Å². The number of para-hydroxylation sites is 2. The van der Waals surface area contributed by atoms with Gasteiger partial charge in [-0.15, -0.1) is 5.10 Å². The fourth-order valence-corrected chi connectivity index (χ4v) is 2.10. The van der Waals surface area contributed by atoms with E-state index >= 15 is 0 Å². The molecule has 22 heavy (non-hydrogen) atoms. The van der Waals surface area contributed by atoms with Crippen LogP contribution in [0.1, 0.15) is 18.1 Å². The van der Waals surface area contributed by atoms with Gasteiger partial charge in [0.25, 0.3) is 0 Å². The number of aryl methyl sites for hydroxylation is 1. The maximum atomic E-state index is 11.9. The molecule has 0 aliphatic carbocycles. The molecule has 0 aliphatic heterocycles. The number of amides is 1. The molecule has 0 saturated carbocycles. The summed E-state index contributed by atoms with van der Waals surface area (Å²) in [6.45, 7) is 0.321. The van der Waals surface area contributed by atoms with Crippen LogP contribution in [-0.4, -0.2) is 38.2 Å². The molecule has 0 spiro atoms. The number of hydrogen-bond donors (Lipinski definition) is 3. The van der Waals surface area contributed by atoms with Gasteiger partial charge in [0.05, 0.1) is 11.0 Å². The Balaban J connectivity index is 1.55. The zero-order valence-electron chi connectivity index (χ0n) is 12.1. The van der Waals surface area contributed by atoms with Gasteiger partial charge < -0.3 is 9.72 Å². The van der Waals surface area contributed by atoms with Gasteiger partial charge >= 0.3 is 0 Å². The normalized spacial score (nSPS) is 11.0. The second-order valence-corrected chi connectivity index (χ2v) is 4.79. The fourth-order valence-electron chi connectivity index (χ4n) is 2.10. The second-order valence-electron chi connectivity index (χ2n) is 4.79. The highest BCUT2D eigenvalue weighted by molar-refractivity contribution is 5.89. The maximum absolute atomic E-state index is 11.9. The topological polar surface area (TPSA) is 109 Å². The predicted octanol–water partition coefficient (Wildman–Crippen LogP) is 1.40. The summed E-state index contributed by atoms with van der Waals surface area (Å²) in [5.41, 5.74) is 1.87. The van der Waals surface area contributed by atoms with Crippen molar-refractivity contribution in [3.05, 3.63) is 35.9 Å². The number of carbonyl (C=O) groups is 1. The summed E-state index contributed by atoms with van der Waals surface area (Å²) in [7, 11) is 1.56. The van der Waals surface area contributed by atoms with Gasteiger partial charge in [0.2, 0.25) is 11.9 Å². The molecule has 0 bridgehead atoms. The molecule has 114 valence electrons. The smallest absolute Gasteiger partial charge is 0.248 e. The standard InChI is InChI=1S/C14H16N6O2/c1-22-8-12-17-14(20-19-12)18-13(21)7-6-11-15-9-4-2-3-5-10(9)16-11/h2-5H,6-8H2,1H3,(H,15,16)(H2,17,18,19,20,21). The van der Waals surface area contributed by atoms with Crippen molar-refractivity contribution in [1.82, 2.24) is 25.1 Å². The maximum Gasteiger partial charge on any atom is 0.248 e. The van der Waals surface area contributed by atoms with E-state index in [1.165, 1.54) is 0 Å². The Morgan fingerprint density at radius 2 is 2.14 bits per heavy atom. The predicted molar refractivity (Wildman–Crippen MR) is 80.1 cm³/mol. The van der Waals surface area contributed by atoms with E-state index in [1.807, 2.05) is 24.3 Å². The number of aromatic nitrogens is 5. The number of hydrogen-bond acceptors (Lipinski definition) is 5. The van der Waals surface area contributed by atoms with Crippen LogP contribution in [0.5, 0.6) is 0 Å². The average Bonchev–Trinajstić information content (AvgIpc) is 3.12. The lowest BCUT2D eigenvalue weighted by atomic mass is 10.3. The second kappa shape index (κ2) is 6.35. The first-order valence-corrected chi connectivity index (χ1v) is 6.88. The van der Waals surface area contributed by atoms with E-state index in [0.29, 0.717) is 25.3 Å². The molecule has 3 aromatic rings. The number of fused-ring (bicyclic) bond motifs is 1. The number of imidazole rings is 1. The molecule has 3 rings (SSSR count). The molecule has 0 unspecified atom stereocenters. The zero-order chi connectivity index (χ0) is 15.4. The SMILES string of the molecule is COCc1nc(NC(=O)CCc2nc3ccccc3[nH]2)n[nH]1. The molecule has 0 atom stereocenters. The number of anilines is 1. The largest absolute Gasteiger partial charge is 0.377 e. The molecular weight excluding hydrogens is 284 g/mol. The quantitative estimate of drug-likeness (QED) is 0.637. The van der Waals surface area contributed by atoms with Crippen molar-refractivity contribution in [1.29, 1.82) is 0 Å². The van der Waals surface area contributed by atoms with Gasteiger partial charge in [-0.3, -0.25) is 15.2 Å². The van der Waals surface area contributed by atoms with Crippen LogP contribution in [0.25, 0.3) is 11.0 Å². The highest BCUT2D eigenvalue weighted by Gasteiger charge is 2.09. The summed E-state index contributed by atoms with van der Waals surface area (Å²) in [6, 6.07) is 7.76. The number of nitrogens with zero attached hydrogens (tertiary/aromatic N) is 3. The van der Waals surface area contributed by atoms with Crippen LogP contribution in [0.15, 0.2) is 24.3 Å².